The molecule has 2 rings (SSSR count). The van der Waals surface area contributed by atoms with E-state index in [2.05, 4.69) is 10.5 Å². The van der Waals surface area contributed by atoms with Gasteiger partial charge in [-0.05, 0) is 18.2 Å². The second-order valence-electron chi connectivity index (χ2n) is 4.74. The third kappa shape index (κ3) is 5.21. The van der Waals surface area contributed by atoms with Crippen molar-refractivity contribution in [2.45, 2.75) is 4.90 Å². The van der Waals surface area contributed by atoms with Crippen LogP contribution in [0.3, 0.4) is 0 Å². The molecular weight excluding hydrogens is 346 g/mol. The third-order valence-corrected chi connectivity index (χ3v) is 4.02. The fraction of sp³-hybridized carbons (Fsp3) is 0.125. The molecule has 0 saturated heterocycles. The lowest BCUT2D eigenvalue weighted by Crippen LogP contribution is -2.19. The summed E-state index contributed by atoms with van der Waals surface area (Å²) < 4.78 is 4.88. The normalized spacial score (nSPS) is 10.6. The molecule has 1 amide bonds. The highest BCUT2D eigenvalue weighted by Crippen LogP contribution is 2.36. The summed E-state index contributed by atoms with van der Waals surface area (Å²) in [6.45, 7) is 0. The molecule has 0 aliphatic rings. The predicted octanol–water partition coefficient (Wildman–Crippen LogP) is 2.55. The number of nitro groups is 1. The number of nitrogens with zero attached hydrogens (tertiary/aromatic N) is 2. The molecule has 0 fully saturated rings. The number of thioether (sulfide) groups is 1. The summed E-state index contributed by atoms with van der Waals surface area (Å²) in [4.78, 5) is 22.9. The topological polar surface area (TPSA) is 114 Å². The molecule has 0 saturated carbocycles. The molecule has 0 aliphatic heterocycles. The van der Waals surface area contributed by atoms with Gasteiger partial charge in [-0.15, -0.1) is 11.8 Å². The Morgan fingerprint density at radius 2 is 2.12 bits per heavy atom. The number of methoxy groups -OCH3 is 1. The minimum atomic E-state index is -0.732. The van der Waals surface area contributed by atoms with E-state index in [0.29, 0.717) is 5.56 Å². The molecule has 0 aromatic heterocycles. The van der Waals surface area contributed by atoms with Crippen LogP contribution in [0.15, 0.2) is 52.5 Å². The Kier molecular flexibility index (Phi) is 6.35. The van der Waals surface area contributed by atoms with Crippen molar-refractivity contribution in [3.63, 3.8) is 0 Å². The Morgan fingerprint density at radius 1 is 1.40 bits per heavy atom. The minimum absolute atomic E-state index is 0.0541. The molecule has 8 nitrogen and oxygen atoms in total. The maximum absolute atomic E-state index is 11.7. The van der Waals surface area contributed by atoms with Crippen LogP contribution >= 0.6 is 11.8 Å². The largest absolute Gasteiger partial charge is 0.500 e. The second-order valence-corrected chi connectivity index (χ2v) is 5.79. The SMILES string of the molecule is COc1cc(/C=N/NC(=O)CSc2ccccc2)cc([N+](=O)[O-])c1O. The Balaban J connectivity index is 1.98. The summed E-state index contributed by atoms with van der Waals surface area (Å²) in [7, 11) is 1.28. The number of phenolic OH excluding ortho intramolecular Hbond substituents is 1. The van der Waals surface area contributed by atoms with Gasteiger partial charge in [-0.25, -0.2) is 5.43 Å². The summed E-state index contributed by atoms with van der Waals surface area (Å²) in [5.41, 5.74) is 2.13. The summed E-state index contributed by atoms with van der Waals surface area (Å²) in [6, 6.07) is 11.9. The molecule has 0 atom stereocenters. The quantitative estimate of drug-likeness (QED) is 0.339. The molecule has 2 aromatic carbocycles. The van der Waals surface area contributed by atoms with Gasteiger partial charge in [-0.2, -0.15) is 5.10 Å². The lowest BCUT2D eigenvalue weighted by Gasteiger charge is -2.05. The molecule has 0 radical (unpaired) electrons. The fourth-order valence-electron chi connectivity index (χ4n) is 1.86. The lowest BCUT2D eigenvalue weighted by molar-refractivity contribution is -0.386. The Morgan fingerprint density at radius 3 is 2.76 bits per heavy atom. The molecule has 0 spiro atoms. The van der Waals surface area contributed by atoms with E-state index in [1.165, 1.54) is 31.2 Å². The van der Waals surface area contributed by atoms with Crippen molar-refractivity contribution in [1.29, 1.82) is 0 Å². The van der Waals surface area contributed by atoms with Gasteiger partial charge in [0, 0.05) is 16.5 Å². The standard InChI is InChI=1S/C16H15N3O5S/c1-24-14-8-11(7-13(16(14)21)19(22)23)9-17-18-15(20)10-25-12-5-3-2-4-6-12/h2-9,21H,10H2,1H3,(H,18,20)/b17-9+. The van der Waals surface area contributed by atoms with Gasteiger partial charge in [0.15, 0.2) is 5.75 Å². The van der Waals surface area contributed by atoms with E-state index in [4.69, 9.17) is 4.74 Å². The molecule has 0 bridgehead atoms. The maximum atomic E-state index is 11.7. The van der Waals surface area contributed by atoms with Crippen molar-refractivity contribution >= 4 is 29.6 Å². The van der Waals surface area contributed by atoms with Gasteiger partial charge in [0.05, 0.1) is 24.0 Å². The van der Waals surface area contributed by atoms with E-state index in [0.717, 1.165) is 11.0 Å². The van der Waals surface area contributed by atoms with E-state index in [1.807, 2.05) is 30.3 Å². The van der Waals surface area contributed by atoms with Crippen LogP contribution in [0.2, 0.25) is 0 Å². The van der Waals surface area contributed by atoms with Crippen LogP contribution in [0.4, 0.5) is 5.69 Å². The number of carbonyl (C=O) groups excluding carboxylic acids is 1. The summed E-state index contributed by atoms with van der Waals surface area (Å²) >= 11 is 1.36. The molecule has 2 N–H and O–H groups in total. The molecule has 0 aliphatic carbocycles. The average molecular weight is 361 g/mol. The number of nitrogens with one attached hydrogen (secondary N) is 1. The van der Waals surface area contributed by atoms with E-state index in [-0.39, 0.29) is 17.4 Å². The zero-order valence-electron chi connectivity index (χ0n) is 13.2. The van der Waals surface area contributed by atoms with Crippen LogP contribution in [0.25, 0.3) is 0 Å². The van der Waals surface area contributed by atoms with Crippen molar-refractivity contribution in [1.82, 2.24) is 5.43 Å². The maximum Gasteiger partial charge on any atom is 0.315 e. The molecule has 130 valence electrons. The van der Waals surface area contributed by atoms with Crippen molar-refractivity contribution in [3.8, 4) is 11.5 Å². The second kappa shape index (κ2) is 8.69. The Labute approximate surface area is 147 Å². The zero-order chi connectivity index (χ0) is 18.2. The Hall–Kier alpha value is -3.07. The van der Waals surface area contributed by atoms with Gasteiger partial charge < -0.3 is 9.84 Å². The molecular formula is C16H15N3O5S. The number of hydrogen-bond acceptors (Lipinski definition) is 7. The molecule has 25 heavy (non-hydrogen) atoms. The summed E-state index contributed by atoms with van der Waals surface area (Å²) in [5, 5.41) is 24.4. The number of nitro benzene ring substituents is 1. The number of hydrazone groups is 1. The highest BCUT2D eigenvalue weighted by molar-refractivity contribution is 8.00. The van der Waals surface area contributed by atoms with Crippen LogP contribution < -0.4 is 10.2 Å². The van der Waals surface area contributed by atoms with Crippen LogP contribution in [0.1, 0.15) is 5.56 Å². The van der Waals surface area contributed by atoms with Crippen molar-refractivity contribution in [3.05, 3.63) is 58.1 Å². The molecule has 2 aromatic rings. The Bertz CT molecular complexity index is 796. The van der Waals surface area contributed by atoms with Crippen LogP contribution in [0.5, 0.6) is 11.5 Å². The first kappa shape index (κ1) is 18.3. The number of rotatable bonds is 7. The highest BCUT2D eigenvalue weighted by Gasteiger charge is 2.19. The minimum Gasteiger partial charge on any atom is -0.500 e. The van der Waals surface area contributed by atoms with E-state index >= 15 is 0 Å². The van der Waals surface area contributed by atoms with Crippen molar-refractivity contribution in [2.24, 2.45) is 5.10 Å². The number of amides is 1. The predicted molar refractivity (Wildman–Crippen MR) is 94.2 cm³/mol. The first-order valence-electron chi connectivity index (χ1n) is 7.06. The number of hydrogen-bond donors (Lipinski definition) is 2. The van der Waals surface area contributed by atoms with Crippen LogP contribution in [-0.2, 0) is 4.79 Å². The van der Waals surface area contributed by atoms with E-state index in [1.54, 1.807) is 0 Å². The van der Waals surface area contributed by atoms with Gasteiger partial charge >= 0.3 is 5.69 Å². The number of aromatic hydroxyl groups is 1. The smallest absolute Gasteiger partial charge is 0.315 e. The molecule has 0 unspecified atom stereocenters. The number of benzene rings is 2. The molecule has 0 heterocycles. The van der Waals surface area contributed by atoms with Crippen LogP contribution in [-0.4, -0.2) is 35.0 Å². The van der Waals surface area contributed by atoms with Crippen LogP contribution in [0, 0.1) is 10.1 Å². The number of ether oxygens (including phenoxy) is 1. The zero-order valence-corrected chi connectivity index (χ0v) is 14.0. The highest BCUT2D eigenvalue weighted by atomic mass is 32.2. The summed E-state index contributed by atoms with van der Waals surface area (Å²) in [5.74, 6) is -0.750. The van der Waals surface area contributed by atoms with Gasteiger partial charge in [-0.3, -0.25) is 14.9 Å². The molecule has 9 heteroatoms. The lowest BCUT2D eigenvalue weighted by atomic mass is 10.2. The van der Waals surface area contributed by atoms with Gasteiger partial charge in [0.25, 0.3) is 0 Å². The van der Waals surface area contributed by atoms with Gasteiger partial charge in [0.2, 0.25) is 11.7 Å². The summed E-state index contributed by atoms with van der Waals surface area (Å²) in [6.07, 6.45) is 1.24. The fourth-order valence-corrected chi connectivity index (χ4v) is 2.57. The van der Waals surface area contributed by atoms with Gasteiger partial charge in [0.1, 0.15) is 0 Å². The first-order chi connectivity index (χ1) is 12.0. The average Bonchev–Trinajstić information content (AvgIpc) is 2.61. The number of phenols is 1. The number of carbonyl (C=O) groups is 1. The van der Waals surface area contributed by atoms with E-state index in [9.17, 15) is 20.0 Å². The van der Waals surface area contributed by atoms with Gasteiger partial charge in [-0.1, -0.05) is 18.2 Å². The van der Waals surface area contributed by atoms with Crippen molar-refractivity contribution < 1.29 is 19.6 Å². The van der Waals surface area contributed by atoms with Crippen molar-refractivity contribution in [2.75, 3.05) is 12.9 Å². The van der Waals surface area contributed by atoms with E-state index < -0.39 is 16.4 Å². The first-order valence-corrected chi connectivity index (χ1v) is 8.05. The monoisotopic (exact) mass is 361 g/mol. The third-order valence-electron chi connectivity index (χ3n) is 3.01.